The molecule has 0 amide bonds. The summed E-state index contributed by atoms with van der Waals surface area (Å²) >= 11 is 3.35. The van der Waals surface area contributed by atoms with Gasteiger partial charge in [0.25, 0.3) is 0 Å². The Morgan fingerprint density at radius 1 is 0.905 bits per heavy atom. The largest absolute Gasteiger partial charge is 0.340 e. The van der Waals surface area contributed by atoms with Crippen LogP contribution in [0.25, 0.3) is 11.1 Å². The van der Waals surface area contributed by atoms with Crippen molar-refractivity contribution >= 4 is 27.4 Å². The van der Waals surface area contributed by atoms with Crippen molar-refractivity contribution in [3.05, 3.63) is 70.6 Å². The molecule has 1 aliphatic carbocycles. The minimum atomic E-state index is 0.772. The first-order valence-electron chi connectivity index (χ1n) is 6.75. The lowest BCUT2D eigenvalue weighted by Gasteiger charge is -2.08. The molecule has 0 fully saturated rings. The summed E-state index contributed by atoms with van der Waals surface area (Å²) < 4.78 is 0.772. The zero-order valence-electron chi connectivity index (χ0n) is 11.2. The molecule has 102 valence electrons. The Hall–Kier alpha value is -2.20. The van der Waals surface area contributed by atoms with Crippen molar-refractivity contribution in [1.82, 2.24) is 9.97 Å². The van der Waals surface area contributed by atoms with Crippen molar-refractivity contribution in [2.24, 2.45) is 0 Å². The van der Waals surface area contributed by atoms with Crippen LogP contribution >= 0.6 is 15.9 Å². The molecule has 3 aromatic rings. The van der Waals surface area contributed by atoms with Gasteiger partial charge in [-0.15, -0.1) is 0 Å². The Morgan fingerprint density at radius 2 is 1.76 bits per heavy atom. The number of rotatable bonds is 2. The van der Waals surface area contributed by atoms with Gasteiger partial charge in [-0.3, -0.25) is 0 Å². The van der Waals surface area contributed by atoms with Gasteiger partial charge in [-0.05, 0) is 56.7 Å². The predicted octanol–water partition coefficient (Wildman–Crippen LogP) is 4.55. The third-order valence-corrected chi connectivity index (χ3v) is 4.13. The van der Waals surface area contributed by atoms with Crippen molar-refractivity contribution in [2.75, 3.05) is 5.32 Å². The van der Waals surface area contributed by atoms with Crippen molar-refractivity contribution in [3.8, 4) is 11.1 Å². The van der Waals surface area contributed by atoms with E-state index >= 15 is 0 Å². The molecular weight excluding hydrogens is 326 g/mol. The summed E-state index contributed by atoms with van der Waals surface area (Å²) in [5, 5.41) is 3.32. The zero-order chi connectivity index (χ0) is 14.2. The molecule has 1 aromatic heterocycles. The van der Waals surface area contributed by atoms with Crippen LogP contribution in [-0.2, 0) is 6.42 Å². The van der Waals surface area contributed by atoms with E-state index in [4.69, 9.17) is 0 Å². The molecule has 3 nitrogen and oxygen atoms in total. The van der Waals surface area contributed by atoms with E-state index in [0.717, 1.165) is 22.5 Å². The number of anilines is 2. The van der Waals surface area contributed by atoms with Crippen LogP contribution in [0.4, 0.5) is 11.5 Å². The van der Waals surface area contributed by atoms with E-state index in [-0.39, 0.29) is 0 Å². The summed E-state index contributed by atoms with van der Waals surface area (Å²) in [5.74, 6) is 0.785. The lowest BCUT2D eigenvalue weighted by atomic mass is 10.1. The van der Waals surface area contributed by atoms with Crippen molar-refractivity contribution in [2.45, 2.75) is 6.42 Å². The number of hydrogen-bond donors (Lipinski definition) is 1. The van der Waals surface area contributed by atoms with E-state index in [2.05, 4.69) is 73.7 Å². The topological polar surface area (TPSA) is 37.8 Å². The van der Waals surface area contributed by atoms with Crippen molar-refractivity contribution in [3.63, 3.8) is 0 Å². The Labute approximate surface area is 131 Å². The monoisotopic (exact) mass is 337 g/mol. The molecule has 1 aliphatic rings. The maximum atomic E-state index is 4.22. The number of hydrogen-bond acceptors (Lipinski definition) is 3. The van der Waals surface area contributed by atoms with Crippen LogP contribution in [0, 0.1) is 0 Å². The van der Waals surface area contributed by atoms with Gasteiger partial charge in [0.2, 0.25) is 0 Å². The fraction of sp³-hybridized carbons (Fsp3) is 0.0588. The maximum Gasteiger partial charge on any atom is 0.134 e. The van der Waals surface area contributed by atoms with Crippen molar-refractivity contribution in [1.29, 1.82) is 0 Å². The van der Waals surface area contributed by atoms with E-state index in [9.17, 15) is 0 Å². The molecule has 0 aliphatic heterocycles. The molecule has 2 aromatic carbocycles. The highest BCUT2D eigenvalue weighted by atomic mass is 79.9. The number of fused-ring (bicyclic) bond motifs is 3. The number of nitrogens with one attached hydrogen (secondary N) is 1. The first-order valence-corrected chi connectivity index (χ1v) is 7.55. The van der Waals surface area contributed by atoms with Crippen LogP contribution in [0.2, 0.25) is 0 Å². The molecule has 0 unspecified atom stereocenters. The van der Waals surface area contributed by atoms with Gasteiger partial charge in [0.15, 0.2) is 0 Å². The lowest BCUT2D eigenvalue weighted by Crippen LogP contribution is -1.95. The van der Waals surface area contributed by atoms with Crippen LogP contribution in [0.3, 0.4) is 0 Å². The molecular formula is C17H12BrN3. The third kappa shape index (κ3) is 2.32. The van der Waals surface area contributed by atoms with Crippen LogP contribution < -0.4 is 5.32 Å². The first kappa shape index (κ1) is 12.5. The number of nitrogens with zero attached hydrogens (tertiary/aromatic N) is 2. The number of benzene rings is 2. The molecule has 0 atom stereocenters. The van der Waals surface area contributed by atoms with E-state index in [1.54, 1.807) is 0 Å². The highest BCUT2D eigenvalue weighted by Gasteiger charge is 2.17. The average molecular weight is 338 g/mol. The second kappa shape index (κ2) is 4.97. The molecule has 4 heteroatoms. The van der Waals surface area contributed by atoms with Crippen LogP contribution in [0.1, 0.15) is 11.1 Å². The number of halogens is 1. The second-order valence-electron chi connectivity index (χ2n) is 5.06. The minimum Gasteiger partial charge on any atom is -0.340 e. The van der Waals surface area contributed by atoms with Crippen molar-refractivity contribution < 1.29 is 0 Å². The quantitative estimate of drug-likeness (QED) is 0.545. The molecule has 21 heavy (non-hydrogen) atoms. The summed E-state index contributed by atoms with van der Waals surface area (Å²) in [6.45, 7) is 0. The zero-order valence-corrected chi connectivity index (χ0v) is 12.8. The summed E-state index contributed by atoms with van der Waals surface area (Å²) in [5.41, 5.74) is 6.49. The second-order valence-corrected chi connectivity index (χ2v) is 5.87. The van der Waals surface area contributed by atoms with Gasteiger partial charge < -0.3 is 5.32 Å². The van der Waals surface area contributed by atoms with Gasteiger partial charge in [0, 0.05) is 11.8 Å². The van der Waals surface area contributed by atoms with Crippen LogP contribution in [0.15, 0.2) is 59.5 Å². The summed E-state index contributed by atoms with van der Waals surface area (Å²) in [6.07, 6.45) is 2.53. The Bertz CT molecular complexity index is 830. The van der Waals surface area contributed by atoms with Gasteiger partial charge in [-0.2, -0.15) is 0 Å². The fourth-order valence-corrected chi connectivity index (χ4v) is 3.08. The van der Waals surface area contributed by atoms with E-state index < -0.39 is 0 Å². The third-order valence-electron chi connectivity index (χ3n) is 3.70. The summed E-state index contributed by atoms with van der Waals surface area (Å²) in [6, 6.07) is 16.9. The molecule has 0 bridgehead atoms. The van der Waals surface area contributed by atoms with E-state index in [1.807, 2.05) is 6.07 Å². The number of aromatic nitrogens is 2. The highest BCUT2D eigenvalue weighted by Crippen LogP contribution is 2.37. The van der Waals surface area contributed by atoms with Gasteiger partial charge in [0.05, 0.1) is 0 Å². The molecule has 4 rings (SSSR count). The van der Waals surface area contributed by atoms with Crippen LogP contribution in [-0.4, -0.2) is 9.97 Å². The SMILES string of the molecule is Brc1cc(Nc2ccc3c(c2)Cc2ccccc2-3)ncn1. The van der Waals surface area contributed by atoms with Crippen LogP contribution in [0.5, 0.6) is 0 Å². The van der Waals surface area contributed by atoms with Gasteiger partial charge >= 0.3 is 0 Å². The molecule has 1 heterocycles. The smallest absolute Gasteiger partial charge is 0.134 e. The van der Waals surface area contributed by atoms with Gasteiger partial charge in [0.1, 0.15) is 16.7 Å². The fourth-order valence-electron chi connectivity index (χ4n) is 2.77. The first-order chi connectivity index (χ1) is 10.3. The van der Waals surface area contributed by atoms with E-state index in [1.165, 1.54) is 28.6 Å². The highest BCUT2D eigenvalue weighted by molar-refractivity contribution is 9.10. The average Bonchev–Trinajstić information content (AvgIpc) is 2.85. The Morgan fingerprint density at radius 3 is 2.67 bits per heavy atom. The van der Waals surface area contributed by atoms with Gasteiger partial charge in [-0.25, -0.2) is 9.97 Å². The standard InChI is InChI=1S/C17H12BrN3/c18-16-9-17(20-10-19-16)21-13-5-6-15-12(8-13)7-11-3-1-2-4-14(11)15/h1-6,8-10H,7H2,(H,19,20,21). The molecule has 1 N–H and O–H groups in total. The predicted molar refractivity (Wildman–Crippen MR) is 87.7 cm³/mol. The molecule has 0 saturated carbocycles. The minimum absolute atomic E-state index is 0.772. The molecule has 0 saturated heterocycles. The Balaban J connectivity index is 1.67. The Kier molecular flexibility index (Phi) is 2.97. The van der Waals surface area contributed by atoms with E-state index in [0.29, 0.717) is 0 Å². The molecule has 0 spiro atoms. The molecule has 0 radical (unpaired) electrons. The normalized spacial score (nSPS) is 11.9. The lowest BCUT2D eigenvalue weighted by molar-refractivity contribution is 1.14. The summed E-state index contributed by atoms with van der Waals surface area (Å²) in [7, 11) is 0. The maximum absolute atomic E-state index is 4.22. The van der Waals surface area contributed by atoms with Gasteiger partial charge in [-0.1, -0.05) is 30.3 Å². The summed E-state index contributed by atoms with van der Waals surface area (Å²) in [4.78, 5) is 8.25.